The van der Waals surface area contributed by atoms with E-state index in [0.29, 0.717) is 33.9 Å². The number of carbonyl (C=O) groups excluding carboxylic acids is 2. The van der Waals surface area contributed by atoms with Gasteiger partial charge in [-0.25, -0.2) is 22.8 Å². The lowest BCUT2D eigenvalue weighted by atomic mass is 9.69. The lowest BCUT2D eigenvalue weighted by Crippen LogP contribution is -2.48. The van der Waals surface area contributed by atoms with Gasteiger partial charge in [-0.1, -0.05) is 12.1 Å². The van der Waals surface area contributed by atoms with Crippen molar-refractivity contribution in [2.45, 2.75) is 40.1 Å². The maximum Gasteiger partial charge on any atom is 0.414 e. The average Bonchev–Trinajstić information content (AvgIpc) is 3.65. The minimum Gasteiger partial charge on any atom is -0.487 e. The summed E-state index contributed by atoms with van der Waals surface area (Å²) in [4.78, 5) is 29.8. The Morgan fingerprint density at radius 3 is 2.40 bits per heavy atom. The van der Waals surface area contributed by atoms with Crippen molar-refractivity contribution < 1.29 is 47.3 Å². The van der Waals surface area contributed by atoms with Gasteiger partial charge in [0.2, 0.25) is 18.9 Å². The van der Waals surface area contributed by atoms with Crippen LogP contribution < -0.4 is 14.2 Å². The second-order valence-electron chi connectivity index (χ2n) is 11.5. The minimum atomic E-state index is -2.76. The van der Waals surface area contributed by atoms with Crippen LogP contribution in [0, 0.1) is 12.7 Å². The SMILES string of the molecule is CB(O)N(B(C)O)c1c(C(=O)c2cc3cc(OCC(F)F)c(C[B]C=O)cc3n2B(C)O)cnn1-c1cnc(Oc2ccccc2F)cc1C. The first-order valence-corrected chi connectivity index (χ1v) is 15.5. The Morgan fingerprint density at radius 1 is 1.06 bits per heavy atom. The zero-order valence-electron chi connectivity index (χ0n) is 27.5. The number of aromatic nitrogens is 4. The number of hydrogen-bond acceptors (Lipinski definition) is 10. The zero-order valence-corrected chi connectivity index (χ0v) is 27.5. The Kier molecular flexibility index (Phi) is 11.1. The molecule has 0 bridgehead atoms. The highest BCUT2D eigenvalue weighted by Crippen LogP contribution is 2.34. The van der Waals surface area contributed by atoms with Gasteiger partial charge >= 0.3 is 21.2 Å². The van der Waals surface area contributed by atoms with Crippen LogP contribution in [0.15, 0.2) is 60.9 Å². The molecule has 19 heteroatoms. The van der Waals surface area contributed by atoms with Crippen molar-refractivity contribution >= 4 is 57.1 Å². The molecule has 3 N–H and O–H groups in total. The van der Waals surface area contributed by atoms with E-state index < -0.39 is 45.8 Å². The molecule has 0 aliphatic carbocycles. The highest BCUT2D eigenvalue weighted by molar-refractivity contribution is 6.75. The molecule has 3 aromatic heterocycles. The predicted octanol–water partition coefficient (Wildman–Crippen LogP) is 3.72. The molecular formula is C31H31B4F3N5O7. The van der Waals surface area contributed by atoms with Crippen LogP contribution in [0.5, 0.6) is 17.4 Å². The monoisotopic (exact) mass is 686 g/mol. The molecule has 50 heavy (non-hydrogen) atoms. The second-order valence-corrected chi connectivity index (χ2v) is 11.5. The number of fused-ring (bicyclic) bond motifs is 1. The minimum absolute atomic E-state index is 0.0164. The van der Waals surface area contributed by atoms with E-state index in [1.807, 2.05) is 0 Å². The summed E-state index contributed by atoms with van der Waals surface area (Å²) in [7, 11) is -2.65. The van der Waals surface area contributed by atoms with Gasteiger partial charge in [-0.3, -0.25) is 4.79 Å². The van der Waals surface area contributed by atoms with Gasteiger partial charge in [0.05, 0.1) is 35.5 Å². The van der Waals surface area contributed by atoms with E-state index >= 15 is 0 Å². The highest BCUT2D eigenvalue weighted by atomic mass is 19.3. The van der Waals surface area contributed by atoms with Crippen LogP contribution in [-0.2, 0) is 11.1 Å². The fraction of sp³-hybridized carbons (Fsp3) is 0.226. The van der Waals surface area contributed by atoms with Crippen LogP contribution in [0.1, 0.15) is 27.2 Å². The van der Waals surface area contributed by atoms with Crippen LogP contribution in [0.2, 0.25) is 20.5 Å². The topological polar surface area (TPSA) is 152 Å². The van der Waals surface area contributed by atoms with Gasteiger partial charge in [0.25, 0.3) is 6.43 Å². The summed E-state index contributed by atoms with van der Waals surface area (Å²) in [6.07, 6.45) is 0.454. The highest BCUT2D eigenvalue weighted by Gasteiger charge is 2.35. The molecule has 2 aromatic carbocycles. The van der Waals surface area contributed by atoms with Crippen molar-refractivity contribution in [3.63, 3.8) is 0 Å². The zero-order chi connectivity index (χ0) is 36.3. The fourth-order valence-electron chi connectivity index (χ4n) is 5.67. The number of pyridine rings is 1. The lowest BCUT2D eigenvalue weighted by molar-refractivity contribution is 0.0816. The van der Waals surface area contributed by atoms with E-state index in [1.165, 1.54) is 85.7 Å². The Bertz CT molecular complexity index is 2020. The average molecular weight is 686 g/mol. The first kappa shape index (κ1) is 36.3. The number of anilines is 1. The molecule has 0 saturated heterocycles. The molecule has 3 heterocycles. The Labute approximate surface area is 287 Å². The molecule has 0 aliphatic rings. The molecule has 0 spiro atoms. The number of ketones is 1. The molecule has 12 nitrogen and oxygen atoms in total. The smallest absolute Gasteiger partial charge is 0.414 e. The van der Waals surface area contributed by atoms with Crippen LogP contribution in [0.4, 0.5) is 19.0 Å². The van der Waals surface area contributed by atoms with Crippen molar-refractivity contribution in [2.24, 2.45) is 0 Å². The standard InChI is InChI=1S/C31H31B4F3N5O7/c1-18-9-29(50-26-8-6-5-7-22(26)36)39-15-25(18)42-31(43(34(3)47)35(4)48)21(14-40-42)30(45)24-10-19-12-27(49-16-28(37)38)20(13-32-17-44)11-23(19)41(24)33(2)46/h5-12,14-15,17,28,46-48H,13,16H2,1-4H3. The van der Waals surface area contributed by atoms with E-state index in [-0.39, 0.29) is 40.8 Å². The maximum atomic E-state index is 14.5. The Balaban J connectivity index is 1.65. The maximum absolute atomic E-state index is 14.5. The quantitative estimate of drug-likeness (QED) is 0.0845. The summed E-state index contributed by atoms with van der Waals surface area (Å²) in [5.74, 6) is -1.16. The molecule has 5 aromatic rings. The molecular weight excluding hydrogens is 655 g/mol. The summed E-state index contributed by atoms with van der Waals surface area (Å²) < 4.78 is 55.0. The first-order valence-electron chi connectivity index (χ1n) is 15.5. The number of rotatable bonds is 15. The van der Waals surface area contributed by atoms with Gasteiger partial charge in [0, 0.05) is 17.0 Å². The molecule has 0 aliphatic heterocycles. The molecule has 0 amide bonds. The summed E-state index contributed by atoms with van der Waals surface area (Å²) >= 11 is 0. The Morgan fingerprint density at radius 2 is 1.78 bits per heavy atom. The van der Waals surface area contributed by atoms with Crippen LogP contribution in [0.3, 0.4) is 0 Å². The van der Waals surface area contributed by atoms with E-state index in [4.69, 9.17) is 9.47 Å². The number of hydrogen-bond donors (Lipinski definition) is 3. The van der Waals surface area contributed by atoms with Gasteiger partial charge in [-0.05, 0) is 75.2 Å². The summed E-state index contributed by atoms with van der Waals surface area (Å²) in [5.41, 5.74) is 1.47. The van der Waals surface area contributed by atoms with Crippen molar-refractivity contribution in [1.29, 1.82) is 0 Å². The van der Waals surface area contributed by atoms with E-state index in [0.717, 1.165) is 4.72 Å². The summed E-state index contributed by atoms with van der Waals surface area (Å²) in [6.45, 7) is 5.01. The van der Waals surface area contributed by atoms with E-state index in [9.17, 15) is 37.8 Å². The number of carbonyl (C=O) groups is 2. The molecule has 255 valence electrons. The molecule has 0 unspecified atom stereocenters. The number of ether oxygens (including phenoxy) is 2. The molecule has 1 radical (unpaired) electrons. The second kappa shape index (κ2) is 15.3. The Hall–Kier alpha value is -4.99. The molecule has 0 saturated carbocycles. The number of benzene rings is 2. The third kappa shape index (κ3) is 7.44. The summed E-state index contributed by atoms with van der Waals surface area (Å²) in [5, 5.41) is 37.3. The molecule has 5 rings (SSSR count). The number of alkyl halides is 2. The number of para-hydroxylation sites is 1. The van der Waals surface area contributed by atoms with Gasteiger partial charge in [-0.2, -0.15) is 5.10 Å². The van der Waals surface area contributed by atoms with Gasteiger partial charge < -0.3 is 38.5 Å². The van der Waals surface area contributed by atoms with Crippen LogP contribution in [0.25, 0.3) is 16.6 Å². The normalized spacial score (nSPS) is 11.1. The predicted molar refractivity (Wildman–Crippen MR) is 185 cm³/mol. The van der Waals surface area contributed by atoms with Gasteiger partial charge in [0.15, 0.2) is 11.6 Å². The van der Waals surface area contributed by atoms with Crippen molar-refractivity contribution in [2.75, 3.05) is 11.3 Å². The van der Waals surface area contributed by atoms with Crippen molar-refractivity contribution in [3.8, 4) is 23.1 Å². The van der Waals surface area contributed by atoms with Crippen LogP contribution in [-0.4, -0.2) is 87.7 Å². The van der Waals surface area contributed by atoms with Gasteiger partial charge in [-0.15, -0.1) is 0 Å². The summed E-state index contributed by atoms with van der Waals surface area (Å²) in [6, 6.07) is 11.8. The van der Waals surface area contributed by atoms with Crippen LogP contribution >= 0.6 is 0 Å². The first-order chi connectivity index (χ1) is 23.8. The van der Waals surface area contributed by atoms with E-state index in [2.05, 4.69) is 10.1 Å². The van der Waals surface area contributed by atoms with Gasteiger partial charge in [0.1, 0.15) is 18.2 Å². The third-order valence-corrected chi connectivity index (χ3v) is 7.80. The fourth-order valence-corrected chi connectivity index (χ4v) is 5.67. The molecule has 0 fully saturated rings. The number of aryl methyl sites for hydroxylation is 1. The van der Waals surface area contributed by atoms with Crippen molar-refractivity contribution in [1.82, 2.24) is 19.2 Å². The van der Waals surface area contributed by atoms with E-state index in [1.54, 1.807) is 19.1 Å². The third-order valence-electron chi connectivity index (χ3n) is 7.80. The molecule has 0 atom stereocenters. The largest absolute Gasteiger partial charge is 0.487 e. The van der Waals surface area contributed by atoms with Crippen molar-refractivity contribution in [3.05, 3.63) is 89.1 Å². The number of nitrogens with zero attached hydrogens (tertiary/aromatic N) is 5. The number of halogens is 3. The lowest BCUT2D eigenvalue weighted by Gasteiger charge is -2.28.